The number of carboxylic acid groups (broad SMARTS) is 1. The fraction of sp³-hybridized carbons (Fsp3) is 0.100. The van der Waals surface area contributed by atoms with E-state index in [9.17, 15) is 18.3 Å². The molecule has 156 valence electrons. The van der Waals surface area contributed by atoms with Crippen molar-refractivity contribution in [2.75, 3.05) is 16.7 Å². The van der Waals surface area contributed by atoms with Gasteiger partial charge in [-0.15, -0.1) is 0 Å². The van der Waals surface area contributed by atoms with Crippen molar-refractivity contribution in [1.29, 1.82) is 0 Å². The van der Waals surface area contributed by atoms with Crippen LogP contribution in [-0.4, -0.2) is 31.5 Å². The van der Waals surface area contributed by atoms with Gasteiger partial charge in [-0.25, -0.2) is 18.2 Å². The molecule has 0 aliphatic rings. The summed E-state index contributed by atoms with van der Waals surface area (Å²) < 4.78 is 27.5. The average molecular weight is 466 g/mol. The van der Waals surface area contributed by atoms with Crippen molar-refractivity contribution in [3.8, 4) is 0 Å². The Morgan fingerprint density at radius 2 is 1.80 bits per heavy atom. The van der Waals surface area contributed by atoms with Crippen LogP contribution in [0.5, 0.6) is 0 Å². The molecule has 30 heavy (non-hydrogen) atoms. The number of aromatic nitrogens is 1. The van der Waals surface area contributed by atoms with E-state index >= 15 is 0 Å². The molecule has 0 atom stereocenters. The molecule has 0 spiro atoms. The van der Waals surface area contributed by atoms with Crippen LogP contribution >= 0.6 is 23.2 Å². The molecule has 3 rings (SSSR count). The van der Waals surface area contributed by atoms with Gasteiger partial charge in [0, 0.05) is 13.6 Å². The van der Waals surface area contributed by atoms with Gasteiger partial charge in [0.25, 0.3) is 10.0 Å². The molecule has 0 saturated carbocycles. The minimum atomic E-state index is -4.02. The van der Waals surface area contributed by atoms with Crippen LogP contribution in [0.4, 0.5) is 11.5 Å². The van der Waals surface area contributed by atoms with Crippen molar-refractivity contribution >= 4 is 50.7 Å². The molecule has 0 unspecified atom stereocenters. The van der Waals surface area contributed by atoms with Gasteiger partial charge in [0.15, 0.2) is 0 Å². The highest BCUT2D eigenvalue weighted by atomic mass is 35.5. The molecule has 1 aromatic heterocycles. The van der Waals surface area contributed by atoms with Crippen molar-refractivity contribution in [3.63, 3.8) is 0 Å². The Balaban J connectivity index is 1.89. The highest BCUT2D eigenvalue weighted by Crippen LogP contribution is 2.27. The molecule has 3 aromatic rings. The van der Waals surface area contributed by atoms with Crippen molar-refractivity contribution in [3.05, 3.63) is 82.0 Å². The molecule has 0 saturated heterocycles. The predicted octanol–water partition coefficient (Wildman–Crippen LogP) is 4.52. The molecule has 0 radical (unpaired) electrons. The maximum absolute atomic E-state index is 12.6. The Bertz CT molecular complexity index is 1190. The first kappa shape index (κ1) is 21.9. The van der Waals surface area contributed by atoms with Gasteiger partial charge >= 0.3 is 5.97 Å². The highest BCUT2D eigenvalue weighted by molar-refractivity contribution is 7.92. The number of carboxylic acids is 1. The van der Waals surface area contributed by atoms with Crippen molar-refractivity contribution in [2.45, 2.75) is 11.4 Å². The number of pyridine rings is 1. The van der Waals surface area contributed by atoms with E-state index in [1.165, 1.54) is 30.5 Å². The van der Waals surface area contributed by atoms with Crippen molar-refractivity contribution in [1.82, 2.24) is 4.98 Å². The molecule has 10 heteroatoms. The van der Waals surface area contributed by atoms with Gasteiger partial charge in [-0.2, -0.15) is 0 Å². The summed E-state index contributed by atoms with van der Waals surface area (Å²) in [4.78, 5) is 17.5. The Morgan fingerprint density at radius 1 is 1.10 bits per heavy atom. The average Bonchev–Trinajstić information content (AvgIpc) is 2.70. The smallest absolute Gasteiger partial charge is 0.339 e. The maximum atomic E-state index is 12.6. The molecule has 0 amide bonds. The number of hydrogen-bond donors (Lipinski definition) is 2. The third-order valence-electron chi connectivity index (χ3n) is 4.17. The summed E-state index contributed by atoms with van der Waals surface area (Å²) in [5.74, 6) is -1.02. The molecular formula is C20H17Cl2N3O4S. The number of nitrogens with zero attached hydrogens (tertiary/aromatic N) is 2. The van der Waals surface area contributed by atoms with E-state index in [0.29, 0.717) is 6.54 Å². The Morgan fingerprint density at radius 3 is 2.43 bits per heavy atom. The fourth-order valence-corrected chi connectivity index (χ4v) is 4.19. The van der Waals surface area contributed by atoms with E-state index < -0.39 is 16.0 Å². The summed E-state index contributed by atoms with van der Waals surface area (Å²) in [6.07, 6.45) is 1.26. The number of rotatable bonds is 7. The number of anilines is 2. The van der Waals surface area contributed by atoms with Gasteiger partial charge in [0.2, 0.25) is 0 Å². The largest absolute Gasteiger partial charge is 0.478 e. The molecule has 0 aliphatic heterocycles. The van der Waals surface area contributed by atoms with E-state index in [1.54, 1.807) is 11.9 Å². The first-order valence-electron chi connectivity index (χ1n) is 8.63. The Hall–Kier alpha value is -2.81. The topological polar surface area (TPSA) is 99.6 Å². The monoisotopic (exact) mass is 465 g/mol. The van der Waals surface area contributed by atoms with Crippen LogP contribution in [0.25, 0.3) is 0 Å². The van der Waals surface area contributed by atoms with Crippen molar-refractivity contribution in [2.24, 2.45) is 0 Å². The highest BCUT2D eigenvalue weighted by Gasteiger charge is 2.20. The molecule has 7 nitrogen and oxygen atoms in total. The summed E-state index contributed by atoms with van der Waals surface area (Å²) in [5.41, 5.74) is 0.848. The zero-order valence-electron chi connectivity index (χ0n) is 15.7. The van der Waals surface area contributed by atoms with Gasteiger partial charge in [0.05, 0.1) is 26.8 Å². The first-order valence-corrected chi connectivity index (χ1v) is 10.9. The number of nitrogens with one attached hydrogen (secondary N) is 1. The number of aromatic carboxylic acids is 1. The van der Waals surface area contributed by atoms with Gasteiger partial charge in [-0.1, -0.05) is 53.5 Å². The second kappa shape index (κ2) is 8.91. The maximum Gasteiger partial charge on any atom is 0.339 e. The normalized spacial score (nSPS) is 11.2. The number of halogens is 2. The van der Waals surface area contributed by atoms with Crippen molar-refractivity contribution < 1.29 is 18.3 Å². The Kier molecular flexibility index (Phi) is 6.50. The predicted molar refractivity (Wildman–Crippen MR) is 117 cm³/mol. The second-order valence-electron chi connectivity index (χ2n) is 6.42. The Labute approximate surface area is 183 Å². The summed E-state index contributed by atoms with van der Waals surface area (Å²) in [6, 6.07) is 14.6. The van der Waals surface area contributed by atoms with Crippen LogP contribution in [0.3, 0.4) is 0 Å². The summed E-state index contributed by atoms with van der Waals surface area (Å²) >= 11 is 11.7. The van der Waals surface area contributed by atoms with Crippen LogP contribution in [0.15, 0.2) is 65.7 Å². The van der Waals surface area contributed by atoms with Gasteiger partial charge < -0.3 is 10.0 Å². The lowest BCUT2D eigenvalue weighted by Crippen LogP contribution is -2.21. The molecule has 2 N–H and O–H groups in total. The van der Waals surface area contributed by atoms with Gasteiger partial charge in [0.1, 0.15) is 11.4 Å². The zero-order valence-corrected chi connectivity index (χ0v) is 18.0. The van der Waals surface area contributed by atoms with E-state index in [4.69, 9.17) is 23.2 Å². The van der Waals surface area contributed by atoms with E-state index in [-0.39, 0.29) is 32.0 Å². The SMILES string of the molecule is CN(Cc1ccccc1)c1ncc(NS(=O)(=O)c2ccc(Cl)c(Cl)c2)cc1C(=O)O. The quantitative estimate of drug-likeness (QED) is 0.531. The lowest BCUT2D eigenvalue weighted by atomic mass is 10.2. The van der Waals surface area contributed by atoms with E-state index in [1.807, 2.05) is 30.3 Å². The third kappa shape index (κ3) is 5.02. The van der Waals surface area contributed by atoms with Crippen LogP contribution < -0.4 is 9.62 Å². The lowest BCUT2D eigenvalue weighted by molar-refractivity contribution is 0.0697. The van der Waals surface area contributed by atoms with Gasteiger partial charge in [-0.05, 0) is 29.8 Å². The molecule has 0 aliphatic carbocycles. The number of hydrogen-bond acceptors (Lipinski definition) is 5. The van der Waals surface area contributed by atoms with Crippen LogP contribution in [0, 0.1) is 0 Å². The number of sulfonamides is 1. The standard InChI is InChI=1S/C20H17Cl2N3O4S/c1-25(12-13-5-3-2-4-6-13)19-16(20(26)27)9-14(11-23-19)24-30(28,29)15-7-8-17(21)18(22)10-15/h2-11,24H,12H2,1H3,(H,26,27). The van der Waals surface area contributed by atoms with Crippen LogP contribution in [-0.2, 0) is 16.6 Å². The molecule has 2 aromatic carbocycles. The number of benzene rings is 2. The first-order chi connectivity index (χ1) is 14.2. The zero-order chi connectivity index (χ0) is 21.9. The minimum absolute atomic E-state index is 0.00957. The second-order valence-corrected chi connectivity index (χ2v) is 8.92. The summed E-state index contributed by atoms with van der Waals surface area (Å²) in [6.45, 7) is 0.433. The van der Waals surface area contributed by atoms with E-state index in [0.717, 1.165) is 5.56 Å². The van der Waals surface area contributed by atoms with E-state index in [2.05, 4.69) is 9.71 Å². The third-order valence-corrected chi connectivity index (χ3v) is 6.29. The van der Waals surface area contributed by atoms with Crippen LogP contribution in [0.1, 0.15) is 15.9 Å². The van der Waals surface area contributed by atoms with Gasteiger partial charge in [-0.3, -0.25) is 4.72 Å². The molecule has 0 bridgehead atoms. The summed E-state index contributed by atoms with van der Waals surface area (Å²) in [7, 11) is -2.31. The minimum Gasteiger partial charge on any atom is -0.478 e. The van der Waals surface area contributed by atoms with Crippen LogP contribution in [0.2, 0.25) is 10.0 Å². The fourth-order valence-electron chi connectivity index (χ4n) is 2.77. The molecule has 0 fully saturated rings. The molecule has 1 heterocycles. The number of carbonyl (C=O) groups is 1. The lowest BCUT2D eigenvalue weighted by Gasteiger charge is -2.21. The summed E-state index contributed by atoms with van der Waals surface area (Å²) in [5, 5.41) is 9.92. The molecular weight excluding hydrogens is 449 g/mol.